The van der Waals surface area contributed by atoms with E-state index < -0.39 is 10.0 Å². The quantitative estimate of drug-likeness (QED) is 0.755. The van der Waals surface area contributed by atoms with E-state index in [2.05, 4.69) is 12.1 Å². The molecule has 2 aromatic rings. The van der Waals surface area contributed by atoms with Crippen LogP contribution >= 0.6 is 11.3 Å². The molecular formula is C18H25N3O4S2. The third kappa shape index (κ3) is 3.81. The Labute approximate surface area is 164 Å². The minimum atomic E-state index is -3.66. The van der Waals surface area contributed by atoms with Crippen molar-refractivity contribution in [1.29, 1.82) is 0 Å². The fourth-order valence-corrected chi connectivity index (χ4v) is 6.15. The van der Waals surface area contributed by atoms with Crippen LogP contribution in [0.3, 0.4) is 0 Å². The minimum absolute atomic E-state index is 0.0140. The zero-order chi connectivity index (χ0) is 19.8. The molecule has 0 bridgehead atoms. The van der Waals surface area contributed by atoms with E-state index in [1.165, 1.54) is 26.1 Å². The Hall–Kier alpha value is -1.71. The molecule has 3 rings (SSSR count). The van der Waals surface area contributed by atoms with Crippen molar-refractivity contribution in [3.05, 3.63) is 32.8 Å². The highest BCUT2D eigenvalue weighted by atomic mass is 32.2. The lowest BCUT2D eigenvalue weighted by molar-refractivity contribution is 0.0702. The smallest absolute Gasteiger partial charge is 0.264 e. The highest BCUT2D eigenvalue weighted by Crippen LogP contribution is 2.27. The molecule has 1 amide bonds. The van der Waals surface area contributed by atoms with Gasteiger partial charge in [-0.05, 0) is 38.8 Å². The minimum Gasteiger partial charge on any atom is -0.360 e. The van der Waals surface area contributed by atoms with Gasteiger partial charge in [-0.1, -0.05) is 18.5 Å². The van der Waals surface area contributed by atoms with Crippen molar-refractivity contribution in [2.24, 2.45) is 0 Å². The Morgan fingerprint density at radius 3 is 2.44 bits per heavy atom. The number of amides is 1. The molecular weight excluding hydrogens is 386 g/mol. The number of piperazine rings is 1. The molecule has 0 aliphatic carbocycles. The van der Waals surface area contributed by atoms with Gasteiger partial charge >= 0.3 is 0 Å². The summed E-state index contributed by atoms with van der Waals surface area (Å²) in [5.41, 5.74) is 1.59. The number of hydrogen-bond donors (Lipinski definition) is 0. The van der Waals surface area contributed by atoms with Gasteiger partial charge in [0.05, 0.1) is 4.88 Å². The van der Waals surface area contributed by atoms with E-state index in [9.17, 15) is 13.2 Å². The Bertz CT molecular complexity index is 918. The molecule has 0 atom stereocenters. The zero-order valence-electron chi connectivity index (χ0n) is 16.1. The van der Waals surface area contributed by atoms with Gasteiger partial charge in [0.2, 0.25) is 10.0 Å². The van der Waals surface area contributed by atoms with Gasteiger partial charge in [0.25, 0.3) is 5.91 Å². The highest BCUT2D eigenvalue weighted by Gasteiger charge is 2.34. The SMILES string of the molecule is CCCc1cc(C(=O)N2CCN(S(=O)(=O)c3c(C)noc3C)CC2)sc1C. The van der Waals surface area contributed by atoms with Gasteiger partial charge in [0, 0.05) is 31.1 Å². The van der Waals surface area contributed by atoms with Crippen molar-refractivity contribution in [3.8, 4) is 0 Å². The van der Waals surface area contributed by atoms with Gasteiger partial charge in [-0.15, -0.1) is 11.3 Å². The van der Waals surface area contributed by atoms with Crippen LogP contribution in [0.5, 0.6) is 0 Å². The molecule has 7 nitrogen and oxygen atoms in total. The van der Waals surface area contributed by atoms with Crippen LogP contribution in [0.25, 0.3) is 0 Å². The van der Waals surface area contributed by atoms with E-state index in [0.29, 0.717) is 24.5 Å². The number of thiophene rings is 1. The predicted octanol–water partition coefficient (Wildman–Crippen LogP) is 2.76. The van der Waals surface area contributed by atoms with E-state index in [4.69, 9.17) is 4.52 Å². The molecule has 3 heterocycles. The van der Waals surface area contributed by atoms with E-state index >= 15 is 0 Å². The van der Waals surface area contributed by atoms with Crippen LogP contribution < -0.4 is 0 Å². The van der Waals surface area contributed by atoms with Gasteiger partial charge in [-0.2, -0.15) is 4.31 Å². The van der Waals surface area contributed by atoms with E-state index in [1.807, 2.05) is 13.0 Å². The second-order valence-corrected chi connectivity index (χ2v) is 9.92. The van der Waals surface area contributed by atoms with Crippen LogP contribution in [0.4, 0.5) is 0 Å². The van der Waals surface area contributed by atoms with Crippen LogP contribution in [0, 0.1) is 20.8 Å². The van der Waals surface area contributed by atoms with Gasteiger partial charge in [-0.3, -0.25) is 4.79 Å². The fourth-order valence-electron chi connectivity index (χ4n) is 3.40. The van der Waals surface area contributed by atoms with Crippen LogP contribution in [0.2, 0.25) is 0 Å². The standard InChI is InChI=1S/C18H25N3O4S2/c1-5-6-15-11-16(26-14(15)4)18(22)20-7-9-21(10-8-20)27(23,24)17-12(2)19-25-13(17)3/h11H,5-10H2,1-4H3. The number of nitrogens with zero attached hydrogens (tertiary/aromatic N) is 3. The Kier molecular flexibility index (Phi) is 5.73. The molecule has 0 aromatic carbocycles. The normalized spacial score (nSPS) is 16.1. The van der Waals surface area contributed by atoms with Gasteiger partial charge in [-0.25, -0.2) is 8.42 Å². The maximum absolute atomic E-state index is 12.9. The molecule has 0 spiro atoms. The third-order valence-corrected chi connectivity index (χ3v) is 8.07. The fraction of sp³-hybridized carbons (Fsp3) is 0.556. The first-order valence-corrected chi connectivity index (χ1v) is 11.3. The molecule has 1 aliphatic rings. The molecule has 0 unspecified atom stereocenters. The summed E-state index contributed by atoms with van der Waals surface area (Å²) in [6.45, 7) is 8.67. The van der Waals surface area contributed by atoms with E-state index in [1.54, 1.807) is 18.7 Å². The number of aromatic nitrogens is 1. The summed E-state index contributed by atoms with van der Waals surface area (Å²) >= 11 is 1.52. The zero-order valence-corrected chi connectivity index (χ0v) is 17.7. The highest BCUT2D eigenvalue weighted by molar-refractivity contribution is 7.89. The summed E-state index contributed by atoms with van der Waals surface area (Å²) < 4.78 is 32.2. The first-order valence-electron chi connectivity index (χ1n) is 9.07. The Balaban J connectivity index is 1.70. The summed E-state index contributed by atoms with van der Waals surface area (Å²) in [6.07, 6.45) is 2.02. The van der Waals surface area contributed by atoms with Crippen LogP contribution in [0.15, 0.2) is 15.5 Å². The number of hydrogen-bond acceptors (Lipinski definition) is 6. The van der Waals surface area contributed by atoms with E-state index in [0.717, 1.165) is 17.7 Å². The second-order valence-electron chi connectivity index (χ2n) is 6.79. The summed E-state index contributed by atoms with van der Waals surface area (Å²) in [7, 11) is -3.66. The topological polar surface area (TPSA) is 83.7 Å². The molecule has 0 saturated carbocycles. The van der Waals surface area contributed by atoms with Crippen molar-refractivity contribution in [3.63, 3.8) is 0 Å². The number of rotatable bonds is 5. The Morgan fingerprint density at radius 1 is 1.22 bits per heavy atom. The average Bonchev–Trinajstić information content (AvgIpc) is 3.17. The summed E-state index contributed by atoms with van der Waals surface area (Å²) in [4.78, 5) is 16.6. The van der Waals surface area contributed by atoms with Crippen LogP contribution in [-0.4, -0.2) is 54.9 Å². The third-order valence-electron chi connectivity index (χ3n) is 4.84. The lowest BCUT2D eigenvalue weighted by Gasteiger charge is -2.33. The average molecular weight is 412 g/mol. The number of sulfonamides is 1. The lowest BCUT2D eigenvalue weighted by atomic mass is 10.1. The van der Waals surface area contributed by atoms with Crippen molar-refractivity contribution >= 4 is 27.3 Å². The van der Waals surface area contributed by atoms with Gasteiger partial charge < -0.3 is 9.42 Å². The Morgan fingerprint density at radius 2 is 1.89 bits per heavy atom. The molecule has 9 heteroatoms. The first-order chi connectivity index (χ1) is 12.8. The van der Waals surface area contributed by atoms with Crippen LogP contribution in [0.1, 0.15) is 44.9 Å². The van der Waals surface area contributed by atoms with Crippen molar-refractivity contribution in [1.82, 2.24) is 14.4 Å². The largest absolute Gasteiger partial charge is 0.360 e. The number of carbonyl (C=O) groups excluding carboxylic acids is 1. The molecule has 148 valence electrons. The van der Waals surface area contributed by atoms with Crippen molar-refractivity contribution in [2.45, 2.75) is 45.4 Å². The predicted molar refractivity (Wildman–Crippen MR) is 104 cm³/mol. The van der Waals surface area contributed by atoms with Gasteiger partial charge in [0.1, 0.15) is 10.6 Å². The number of aryl methyl sites for hydroxylation is 4. The molecule has 1 aliphatic heterocycles. The molecule has 0 N–H and O–H groups in total. The summed E-state index contributed by atoms with van der Waals surface area (Å²) in [5.74, 6) is 0.281. The molecule has 1 saturated heterocycles. The second kappa shape index (κ2) is 7.73. The van der Waals surface area contributed by atoms with Gasteiger partial charge in [0.15, 0.2) is 5.76 Å². The summed E-state index contributed by atoms with van der Waals surface area (Å²) in [6, 6.07) is 1.98. The maximum atomic E-state index is 12.9. The molecule has 27 heavy (non-hydrogen) atoms. The maximum Gasteiger partial charge on any atom is 0.264 e. The van der Waals surface area contributed by atoms with E-state index in [-0.39, 0.29) is 23.9 Å². The molecule has 1 fully saturated rings. The molecule has 0 radical (unpaired) electrons. The summed E-state index contributed by atoms with van der Waals surface area (Å²) in [5, 5.41) is 3.74. The van der Waals surface area contributed by atoms with Crippen LogP contribution in [-0.2, 0) is 16.4 Å². The van der Waals surface area contributed by atoms with Crippen molar-refractivity contribution in [2.75, 3.05) is 26.2 Å². The molecule has 2 aromatic heterocycles. The first kappa shape index (κ1) is 20.0. The lowest BCUT2D eigenvalue weighted by Crippen LogP contribution is -2.50. The monoisotopic (exact) mass is 411 g/mol. The number of carbonyl (C=O) groups is 1. The van der Waals surface area contributed by atoms with Crippen molar-refractivity contribution < 1.29 is 17.7 Å².